The van der Waals surface area contributed by atoms with Gasteiger partial charge in [0.2, 0.25) is 0 Å². The maximum Gasteiger partial charge on any atom is 0.386 e. The van der Waals surface area contributed by atoms with Crippen molar-refractivity contribution in [1.82, 2.24) is 29.1 Å². The summed E-state index contributed by atoms with van der Waals surface area (Å²) in [7, 11) is 0. The first-order chi connectivity index (χ1) is 20.4. The van der Waals surface area contributed by atoms with Gasteiger partial charge in [0.15, 0.2) is 24.1 Å². The van der Waals surface area contributed by atoms with E-state index in [2.05, 4.69) is 44.4 Å². The van der Waals surface area contributed by atoms with Crippen LogP contribution < -0.4 is 11.3 Å². The Morgan fingerprint density at radius 3 is 2.77 bits per heavy atom. The highest BCUT2D eigenvalue weighted by Gasteiger charge is 2.59. The summed E-state index contributed by atoms with van der Waals surface area (Å²) in [5.41, 5.74) is 6.41. The maximum absolute atomic E-state index is 16.1. The predicted octanol–water partition coefficient (Wildman–Crippen LogP) is 3.63. The van der Waals surface area contributed by atoms with Crippen molar-refractivity contribution in [3.63, 3.8) is 0 Å². The van der Waals surface area contributed by atoms with E-state index in [1.165, 1.54) is 29.6 Å². The molecule has 0 aliphatic carbocycles. The molecule has 7 rings (SSSR count). The monoisotopic (exact) mass is 673 g/mol. The highest BCUT2D eigenvalue weighted by Crippen LogP contribution is 2.71. The highest BCUT2D eigenvalue weighted by atomic mass is 32.7. The molecule has 230 valence electrons. The van der Waals surface area contributed by atoms with Crippen LogP contribution in [0.15, 0.2) is 42.0 Å². The molecule has 2 bridgehead atoms. The molecule has 3 saturated heterocycles. The lowest BCUT2D eigenvalue weighted by Crippen LogP contribution is -2.36. The van der Waals surface area contributed by atoms with Crippen molar-refractivity contribution in [2.24, 2.45) is 0 Å². The Bertz CT molecular complexity index is 1890. The number of thiol groups is 2. The maximum atomic E-state index is 16.1. The molecule has 0 saturated carbocycles. The fraction of sp³-hybridized carbons (Fsp3) is 0.478. The molecule has 0 spiro atoms. The first-order valence-electron chi connectivity index (χ1n) is 13.1. The minimum atomic E-state index is -4.19. The van der Waals surface area contributed by atoms with E-state index in [1.54, 1.807) is 23.6 Å². The van der Waals surface area contributed by atoms with Crippen molar-refractivity contribution >= 4 is 65.8 Å². The van der Waals surface area contributed by atoms with Gasteiger partial charge in [0.05, 0.1) is 36.5 Å². The number of nitrogen functional groups attached to an aromatic ring is 1. The molecule has 4 aromatic rings. The van der Waals surface area contributed by atoms with Crippen molar-refractivity contribution < 1.29 is 36.6 Å². The number of nitrogens with one attached hydrogen (secondary N) is 1. The zero-order valence-electron chi connectivity index (χ0n) is 22.3. The number of anilines is 1. The third-order valence-electron chi connectivity index (χ3n) is 8.07. The smallest absolute Gasteiger partial charge is 0.383 e. The molecule has 4 aromatic heterocycles. The molecule has 15 nitrogen and oxygen atoms in total. The zero-order chi connectivity index (χ0) is 30.3. The Morgan fingerprint density at radius 2 is 1.95 bits per heavy atom. The van der Waals surface area contributed by atoms with Gasteiger partial charge in [0.25, 0.3) is 12.1 Å². The standard InChI is InChI=1S/C23H26FN7O8P2S2/c1-23-6-11(37-22(23)31-10-29-16-13(31)2-4-26-20(16)32)7-36-41(34,43)39-17-14(8-35-40(23,33)42)38-21(15(17)24)30-5-3-12-18(25)27-9-28-19(12)30/h2-5,9-11,14-15,17,21-22H,6-8H2,1H3,(H,26,32)(H,33,42)(H,34,43)(H2,25,27,28)/t11-,14+,15-,17+,21+,22+,23-,40?,41?/m0/s1. The van der Waals surface area contributed by atoms with Crippen LogP contribution in [-0.2, 0) is 32.2 Å². The first kappa shape index (κ1) is 29.4. The third kappa shape index (κ3) is 4.78. The van der Waals surface area contributed by atoms with Crippen LogP contribution in [0.25, 0.3) is 22.1 Å². The molecule has 3 fully saturated rings. The van der Waals surface area contributed by atoms with Crippen molar-refractivity contribution in [2.75, 3.05) is 18.9 Å². The summed E-state index contributed by atoms with van der Waals surface area (Å²) in [6.07, 6.45) is -1.97. The summed E-state index contributed by atoms with van der Waals surface area (Å²) < 4.78 is 76.1. The summed E-state index contributed by atoms with van der Waals surface area (Å²) in [6, 6.07) is 3.25. The average Bonchev–Trinajstić information content (AvgIpc) is 3.72. The van der Waals surface area contributed by atoms with Gasteiger partial charge in [-0.2, -0.15) is 0 Å². The Balaban J connectivity index is 1.25. The summed E-state index contributed by atoms with van der Waals surface area (Å²) >= 11 is 8.61. The number of imidazole rings is 1. The van der Waals surface area contributed by atoms with Gasteiger partial charge in [0.1, 0.15) is 35.2 Å². The lowest BCUT2D eigenvalue weighted by atomic mass is 10.0. The van der Waals surface area contributed by atoms with E-state index in [-0.39, 0.29) is 24.4 Å². The van der Waals surface area contributed by atoms with Crippen molar-refractivity contribution in [3.05, 3.63) is 47.5 Å². The molecule has 20 heteroatoms. The second-order valence-corrected chi connectivity index (χ2v) is 17.5. The minimum absolute atomic E-state index is 0.0921. The number of aromatic nitrogens is 6. The van der Waals surface area contributed by atoms with Crippen LogP contribution in [0, 0.1) is 0 Å². The summed E-state index contributed by atoms with van der Waals surface area (Å²) in [6.45, 7) is -7.22. The third-order valence-corrected chi connectivity index (χ3v) is 13.6. The molecule has 43 heavy (non-hydrogen) atoms. The van der Waals surface area contributed by atoms with Crippen molar-refractivity contribution in [3.8, 4) is 0 Å². The second kappa shape index (κ2) is 10.4. The van der Waals surface area contributed by atoms with E-state index in [1.807, 2.05) is 0 Å². The van der Waals surface area contributed by atoms with Crippen LogP contribution in [-0.4, -0.2) is 71.9 Å². The number of nitrogens with zero attached hydrogens (tertiary/aromatic N) is 5. The summed E-state index contributed by atoms with van der Waals surface area (Å²) in [5.74, 6) is 0.197. The Labute approximate surface area is 252 Å². The van der Waals surface area contributed by atoms with E-state index >= 15 is 4.39 Å². The van der Waals surface area contributed by atoms with Gasteiger partial charge in [-0.3, -0.25) is 18.4 Å². The quantitative estimate of drug-likeness (QED) is 0.179. The Morgan fingerprint density at radius 1 is 1.14 bits per heavy atom. The van der Waals surface area contributed by atoms with Crippen LogP contribution in [0.5, 0.6) is 0 Å². The highest BCUT2D eigenvalue weighted by molar-refractivity contribution is 8.46. The molecular formula is C23H26FN7O8P2S2. The number of hydrogen-bond acceptors (Lipinski definition) is 12. The molecule has 0 amide bonds. The molecule has 7 heterocycles. The molecule has 0 radical (unpaired) electrons. The molecule has 2 unspecified atom stereocenters. The van der Waals surface area contributed by atoms with Crippen LogP contribution in [0.3, 0.4) is 0 Å². The number of aromatic amines is 1. The van der Waals surface area contributed by atoms with E-state index in [9.17, 15) is 13.9 Å². The van der Waals surface area contributed by atoms with Gasteiger partial charge < -0.3 is 33.8 Å². The van der Waals surface area contributed by atoms with Crippen molar-refractivity contribution in [2.45, 2.75) is 55.4 Å². The van der Waals surface area contributed by atoms with Gasteiger partial charge in [-0.25, -0.2) is 23.9 Å². The second-order valence-electron chi connectivity index (χ2n) is 10.7. The number of H-pyrrole nitrogens is 1. The Kier molecular flexibility index (Phi) is 7.11. The van der Waals surface area contributed by atoms with E-state index in [4.69, 9.17) is 28.8 Å². The lowest BCUT2D eigenvalue weighted by Gasteiger charge is -2.35. The predicted molar refractivity (Wildman–Crippen MR) is 158 cm³/mol. The Hall–Kier alpha value is -2.27. The normalized spacial score (nSPS) is 38.6. The first-order valence-corrected chi connectivity index (χ1v) is 18.6. The summed E-state index contributed by atoms with van der Waals surface area (Å²) in [5, 5.41) is -0.831. The number of fused-ring (bicyclic) bond motifs is 5. The van der Waals surface area contributed by atoms with Gasteiger partial charge in [-0.1, -0.05) is 24.5 Å². The molecule has 3 aliphatic heterocycles. The van der Waals surface area contributed by atoms with E-state index in [0.717, 1.165) is 0 Å². The fourth-order valence-electron chi connectivity index (χ4n) is 5.88. The molecule has 3 N–H and O–H groups in total. The largest absolute Gasteiger partial charge is 0.386 e. The fourth-order valence-corrected chi connectivity index (χ4v) is 9.66. The molecular weight excluding hydrogens is 647 g/mol. The van der Waals surface area contributed by atoms with Crippen LogP contribution >= 0.6 is 37.9 Å². The number of pyridine rings is 1. The number of rotatable bonds is 2. The van der Waals surface area contributed by atoms with Crippen LogP contribution in [0.4, 0.5) is 10.2 Å². The van der Waals surface area contributed by atoms with Gasteiger partial charge in [-0.15, -0.1) is 0 Å². The zero-order valence-corrected chi connectivity index (χ0v) is 25.9. The number of halogens is 1. The molecule has 9 atom stereocenters. The topological polar surface area (TPSA) is 188 Å². The average molecular weight is 674 g/mol. The van der Waals surface area contributed by atoms with Gasteiger partial charge >= 0.3 is 6.80 Å². The van der Waals surface area contributed by atoms with Gasteiger partial charge in [0, 0.05) is 12.4 Å². The van der Waals surface area contributed by atoms with Crippen LogP contribution in [0.1, 0.15) is 25.8 Å². The number of ether oxygens (including phenoxy) is 2. The van der Waals surface area contributed by atoms with Gasteiger partial charge in [-0.05, 0) is 25.5 Å². The number of hydrogen-bond donors (Lipinski definition) is 4. The van der Waals surface area contributed by atoms with E-state index in [0.29, 0.717) is 16.6 Å². The van der Waals surface area contributed by atoms with E-state index < -0.39 is 67.6 Å². The van der Waals surface area contributed by atoms with Crippen molar-refractivity contribution in [1.29, 1.82) is 0 Å². The SMILES string of the molecule is C[C@@]12C[C@@H](COP(=O)(S)O[C@H]3[C@H](F)[C@H](n4ccc5c(N)ncnc54)O[C@@H]3COP1(=O)S)O[C@H]2n1cnc2c(=O)[nH]ccc21. The number of nitrogens with two attached hydrogens (primary N) is 1. The number of alkyl halides is 1. The minimum Gasteiger partial charge on any atom is -0.383 e. The molecule has 0 aromatic carbocycles. The lowest BCUT2D eigenvalue weighted by molar-refractivity contribution is -0.0391. The molecule has 3 aliphatic rings. The van der Waals surface area contributed by atoms with Crippen LogP contribution in [0.2, 0.25) is 0 Å². The summed E-state index contributed by atoms with van der Waals surface area (Å²) in [4.78, 5) is 27.2.